The van der Waals surface area contributed by atoms with Gasteiger partial charge in [-0.1, -0.05) is 12.7 Å². The monoisotopic (exact) mass is 126 g/mol. The molecule has 0 heterocycles. The molecule has 50 valence electrons. The lowest BCUT2D eigenvalue weighted by molar-refractivity contribution is -0.104. The molecule has 1 atom stereocenters. The van der Waals surface area contributed by atoms with Crippen LogP contribution in [0.2, 0.25) is 0 Å². The van der Waals surface area contributed by atoms with Crippen molar-refractivity contribution in [3.05, 3.63) is 24.8 Å². The molecule has 0 saturated carbocycles. The topological polar surface area (TPSA) is 37.3 Å². The molecule has 0 radical (unpaired) electrons. The van der Waals surface area contributed by atoms with Crippen LogP contribution in [0, 0.1) is 0 Å². The molecule has 0 spiro atoms. The van der Waals surface area contributed by atoms with Crippen LogP contribution in [0.15, 0.2) is 24.8 Å². The Labute approximate surface area is 54.5 Å². The first-order valence-corrected chi connectivity index (χ1v) is 2.61. The molecular weight excluding hydrogens is 116 g/mol. The minimum Gasteiger partial charge on any atom is -0.382 e. The molecular formula is C7H10O2. The van der Waals surface area contributed by atoms with E-state index in [2.05, 4.69) is 6.58 Å². The standard InChI is InChI=1S/C7H10O2/c1-3-7(2,9)5-4-6-8/h3-6,9H,1H2,2H3/b5-4+. The Morgan fingerprint density at radius 2 is 2.22 bits per heavy atom. The molecule has 9 heavy (non-hydrogen) atoms. The maximum atomic E-state index is 9.74. The Bertz CT molecular complexity index is 134. The molecule has 0 rings (SSSR count). The van der Waals surface area contributed by atoms with Crippen LogP contribution in [0.25, 0.3) is 0 Å². The van der Waals surface area contributed by atoms with Gasteiger partial charge in [0.05, 0.1) is 5.60 Å². The van der Waals surface area contributed by atoms with Gasteiger partial charge in [-0.25, -0.2) is 0 Å². The second-order valence-corrected chi connectivity index (χ2v) is 1.93. The fourth-order valence-corrected chi connectivity index (χ4v) is 0.302. The number of carbonyl (C=O) groups excluding carboxylic acids is 1. The van der Waals surface area contributed by atoms with Crippen molar-refractivity contribution in [2.24, 2.45) is 0 Å². The van der Waals surface area contributed by atoms with Gasteiger partial charge in [-0.2, -0.15) is 0 Å². The smallest absolute Gasteiger partial charge is 0.142 e. The third-order valence-corrected chi connectivity index (χ3v) is 0.925. The summed E-state index contributed by atoms with van der Waals surface area (Å²) in [6, 6.07) is 0. The minimum atomic E-state index is -1.05. The Hall–Kier alpha value is -0.890. The number of hydrogen-bond acceptors (Lipinski definition) is 2. The van der Waals surface area contributed by atoms with E-state index < -0.39 is 5.60 Å². The maximum Gasteiger partial charge on any atom is 0.142 e. The highest BCUT2D eigenvalue weighted by molar-refractivity contribution is 5.65. The highest BCUT2D eigenvalue weighted by atomic mass is 16.3. The molecule has 0 aliphatic rings. The summed E-state index contributed by atoms with van der Waals surface area (Å²) in [4.78, 5) is 9.74. The highest BCUT2D eigenvalue weighted by Crippen LogP contribution is 2.04. The molecule has 0 aromatic heterocycles. The largest absolute Gasteiger partial charge is 0.382 e. The van der Waals surface area contributed by atoms with Crippen LogP contribution >= 0.6 is 0 Å². The van der Waals surface area contributed by atoms with E-state index in [1.165, 1.54) is 18.2 Å². The zero-order valence-corrected chi connectivity index (χ0v) is 5.37. The fourth-order valence-electron chi connectivity index (χ4n) is 0.302. The van der Waals surface area contributed by atoms with E-state index in [1.807, 2.05) is 0 Å². The maximum absolute atomic E-state index is 9.74. The normalized spacial score (nSPS) is 17.1. The van der Waals surface area contributed by atoms with Crippen molar-refractivity contribution < 1.29 is 9.90 Å². The van der Waals surface area contributed by atoms with Crippen molar-refractivity contribution in [2.75, 3.05) is 0 Å². The highest BCUT2D eigenvalue weighted by Gasteiger charge is 2.07. The molecule has 1 unspecified atom stereocenters. The van der Waals surface area contributed by atoms with Gasteiger partial charge in [0.1, 0.15) is 6.29 Å². The first-order chi connectivity index (χ1) is 4.12. The van der Waals surface area contributed by atoms with Crippen LogP contribution in [-0.4, -0.2) is 17.0 Å². The second kappa shape index (κ2) is 3.20. The van der Waals surface area contributed by atoms with Crippen LogP contribution in [-0.2, 0) is 4.79 Å². The van der Waals surface area contributed by atoms with Gasteiger partial charge in [0.2, 0.25) is 0 Å². The summed E-state index contributed by atoms with van der Waals surface area (Å²) in [7, 11) is 0. The molecule has 0 saturated heterocycles. The molecule has 2 nitrogen and oxygen atoms in total. The predicted octanol–water partition coefficient (Wildman–Crippen LogP) is 0.678. The number of aldehydes is 1. The van der Waals surface area contributed by atoms with E-state index in [4.69, 9.17) is 5.11 Å². The van der Waals surface area contributed by atoms with Crippen LogP contribution < -0.4 is 0 Å². The average Bonchev–Trinajstić information content (AvgIpc) is 1.84. The van der Waals surface area contributed by atoms with Gasteiger partial charge in [-0.15, -0.1) is 0 Å². The van der Waals surface area contributed by atoms with E-state index in [0.717, 1.165) is 0 Å². The lowest BCUT2D eigenvalue weighted by Gasteiger charge is -2.10. The van der Waals surface area contributed by atoms with Crippen LogP contribution in [0.1, 0.15) is 6.92 Å². The molecule has 0 aliphatic carbocycles. The van der Waals surface area contributed by atoms with Crippen molar-refractivity contribution in [2.45, 2.75) is 12.5 Å². The fraction of sp³-hybridized carbons (Fsp3) is 0.286. The molecule has 0 bridgehead atoms. The molecule has 0 fully saturated rings. The summed E-state index contributed by atoms with van der Waals surface area (Å²) >= 11 is 0. The molecule has 0 aromatic rings. The molecule has 0 aliphatic heterocycles. The van der Waals surface area contributed by atoms with E-state index in [0.29, 0.717) is 6.29 Å². The summed E-state index contributed by atoms with van der Waals surface area (Å²) in [5.41, 5.74) is -1.05. The van der Waals surface area contributed by atoms with Crippen LogP contribution in [0.4, 0.5) is 0 Å². The van der Waals surface area contributed by atoms with Gasteiger partial charge in [0.25, 0.3) is 0 Å². The van der Waals surface area contributed by atoms with Crippen molar-refractivity contribution in [1.82, 2.24) is 0 Å². The Kier molecular flexibility index (Phi) is 2.88. The number of carbonyl (C=O) groups is 1. The lowest BCUT2D eigenvalue weighted by Crippen LogP contribution is -2.15. The average molecular weight is 126 g/mol. The van der Waals surface area contributed by atoms with E-state index in [-0.39, 0.29) is 0 Å². The number of allylic oxidation sites excluding steroid dienone is 1. The van der Waals surface area contributed by atoms with Crippen LogP contribution in [0.5, 0.6) is 0 Å². The zero-order chi connectivity index (χ0) is 7.33. The third kappa shape index (κ3) is 3.67. The van der Waals surface area contributed by atoms with Crippen molar-refractivity contribution in [3.8, 4) is 0 Å². The quantitative estimate of drug-likeness (QED) is 0.343. The van der Waals surface area contributed by atoms with E-state index in [1.54, 1.807) is 6.92 Å². The van der Waals surface area contributed by atoms with Gasteiger partial charge in [0.15, 0.2) is 0 Å². The van der Waals surface area contributed by atoms with Gasteiger partial charge in [-0.05, 0) is 19.1 Å². The number of rotatable bonds is 3. The summed E-state index contributed by atoms with van der Waals surface area (Å²) < 4.78 is 0. The molecule has 0 aromatic carbocycles. The number of aliphatic hydroxyl groups is 1. The van der Waals surface area contributed by atoms with Gasteiger partial charge in [-0.3, -0.25) is 4.79 Å². The molecule has 0 amide bonds. The van der Waals surface area contributed by atoms with E-state index in [9.17, 15) is 4.79 Å². The van der Waals surface area contributed by atoms with Crippen molar-refractivity contribution in [3.63, 3.8) is 0 Å². The lowest BCUT2D eigenvalue weighted by atomic mass is 10.1. The predicted molar refractivity (Wildman–Crippen MR) is 36.0 cm³/mol. The third-order valence-electron chi connectivity index (χ3n) is 0.925. The first kappa shape index (κ1) is 8.11. The second-order valence-electron chi connectivity index (χ2n) is 1.93. The summed E-state index contributed by atoms with van der Waals surface area (Å²) in [6.07, 6.45) is 4.57. The Morgan fingerprint density at radius 3 is 2.56 bits per heavy atom. The minimum absolute atomic E-state index is 0.609. The zero-order valence-electron chi connectivity index (χ0n) is 5.37. The summed E-state index contributed by atoms with van der Waals surface area (Å²) in [5, 5.41) is 9.09. The Morgan fingerprint density at radius 1 is 1.67 bits per heavy atom. The van der Waals surface area contributed by atoms with Gasteiger partial charge < -0.3 is 5.11 Å². The van der Waals surface area contributed by atoms with Gasteiger partial charge >= 0.3 is 0 Å². The van der Waals surface area contributed by atoms with Crippen molar-refractivity contribution in [1.29, 1.82) is 0 Å². The first-order valence-electron chi connectivity index (χ1n) is 2.61. The van der Waals surface area contributed by atoms with E-state index >= 15 is 0 Å². The van der Waals surface area contributed by atoms with Gasteiger partial charge in [0, 0.05) is 0 Å². The summed E-state index contributed by atoms with van der Waals surface area (Å²) in [6.45, 7) is 4.91. The van der Waals surface area contributed by atoms with Crippen LogP contribution in [0.3, 0.4) is 0 Å². The SMILES string of the molecule is C=CC(C)(O)/C=C/C=O. The number of hydrogen-bond donors (Lipinski definition) is 1. The Balaban J connectivity index is 3.99. The van der Waals surface area contributed by atoms with Crippen molar-refractivity contribution >= 4 is 6.29 Å². The molecule has 2 heteroatoms. The molecule has 1 N–H and O–H groups in total. The summed E-state index contributed by atoms with van der Waals surface area (Å²) in [5.74, 6) is 0.